The molecule has 1 N–H and O–H groups in total. The van der Waals surface area contributed by atoms with Crippen molar-refractivity contribution in [2.45, 2.75) is 32.9 Å². The lowest BCUT2D eigenvalue weighted by molar-refractivity contribution is -0.129. The van der Waals surface area contributed by atoms with Crippen LogP contribution in [0.4, 0.5) is 0 Å². The van der Waals surface area contributed by atoms with Gasteiger partial charge in [-0.25, -0.2) is 0 Å². The summed E-state index contributed by atoms with van der Waals surface area (Å²) in [5.74, 6) is 1.19. The van der Waals surface area contributed by atoms with Gasteiger partial charge in [0.15, 0.2) is 11.5 Å². The van der Waals surface area contributed by atoms with Gasteiger partial charge in [0, 0.05) is 31.9 Å². The molecule has 0 bridgehead atoms. The summed E-state index contributed by atoms with van der Waals surface area (Å²) in [6, 6.07) is 9.40. The molecule has 7 nitrogen and oxygen atoms in total. The minimum atomic E-state index is -0.349. The zero-order valence-electron chi connectivity index (χ0n) is 17.3. The number of likely N-dealkylation sites (tertiary alicyclic amines) is 1. The van der Waals surface area contributed by atoms with Crippen LogP contribution in [0.5, 0.6) is 11.5 Å². The predicted octanol–water partition coefficient (Wildman–Crippen LogP) is 2.71. The van der Waals surface area contributed by atoms with E-state index in [4.69, 9.17) is 9.47 Å². The number of fused-ring (bicyclic) bond motifs is 1. The number of nitrogens with zero attached hydrogens (tertiary/aromatic N) is 2. The van der Waals surface area contributed by atoms with E-state index in [1.165, 1.54) is 0 Å². The number of hydrogen-bond acceptors (Lipinski definition) is 5. The third-order valence-corrected chi connectivity index (χ3v) is 5.60. The SMILES string of the molecule is CC(C)[C@H](NC(=O)[C@@H]1CC(=O)N(Cc2ccncc2)C1)c1ccc2c(c1)OCCO2. The van der Waals surface area contributed by atoms with Crippen LogP contribution in [0.3, 0.4) is 0 Å². The first kappa shape index (κ1) is 20.2. The van der Waals surface area contributed by atoms with Crippen molar-refractivity contribution in [1.82, 2.24) is 15.2 Å². The van der Waals surface area contributed by atoms with Gasteiger partial charge in [0.05, 0.1) is 12.0 Å². The Balaban J connectivity index is 1.43. The number of rotatable bonds is 6. The average Bonchev–Trinajstić information content (AvgIpc) is 3.12. The summed E-state index contributed by atoms with van der Waals surface area (Å²) in [6.07, 6.45) is 3.66. The molecule has 2 aromatic rings. The summed E-state index contributed by atoms with van der Waals surface area (Å²) in [4.78, 5) is 31.2. The largest absolute Gasteiger partial charge is 0.486 e. The maximum atomic E-state index is 13.0. The number of nitrogens with one attached hydrogen (secondary N) is 1. The maximum Gasteiger partial charge on any atom is 0.225 e. The van der Waals surface area contributed by atoms with Gasteiger partial charge in [0.1, 0.15) is 13.2 Å². The van der Waals surface area contributed by atoms with Crippen LogP contribution in [-0.2, 0) is 16.1 Å². The first-order valence-electron chi connectivity index (χ1n) is 10.4. The van der Waals surface area contributed by atoms with Gasteiger partial charge in [0.25, 0.3) is 0 Å². The van der Waals surface area contributed by atoms with Crippen molar-refractivity contribution in [2.75, 3.05) is 19.8 Å². The van der Waals surface area contributed by atoms with E-state index < -0.39 is 0 Å². The van der Waals surface area contributed by atoms with Crippen molar-refractivity contribution in [3.8, 4) is 11.5 Å². The minimum absolute atomic E-state index is 0.00684. The van der Waals surface area contributed by atoms with Crippen LogP contribution in [0.25, 0.3) is 0 Å². The highest BCUT2D eigenvalue weighted by atomic mass is 16.6. The van der Waals surface area contributed by atoms with E-state index in [2.05, 4.69) is 24.1 Å². The molecule has 1 aromatic carbocycles. The predicted molar refractivity (Wildman–Crippen MR) is 111 cm³/mol. The maximum absolute atomic E-state index is 13.0. The van der Waals surface area contributed by atoms with Crippen LogP contribution in [-0.4, -0.2) is 41.5 Å². The van der Waals surface area contributed by atoms with Gasteiger partial charge in [-0.1, -0.05) is 19.9 Å². The molecule has 1 aromatic heterocycles. The summed E-state index contributed by atoms with van der Waals surface area (Å²) < 4.78 is 11.3. The lowest BCUT2D eigenvalue weighted by Gasteiger charge is -2.26. The van der Waals surface area contributed by atoms with Crippen molar-refractivity contribution in [2.24, 2.45) is 11.8 Å². The van der Waals surface area contributed by atoms with Crippen LogP contribution >= 0.6 is 0 Å². The Morgan fingerprint density at radius 2 is 1.90 bits per heavy atom. The molecule has 0 unspecified atom stereocenters. The van der Waals surface area contributed by atoms with Gasteiger partial charge < -0.3 is 19.7 Å². The average molecular weight is 409 g/mol. The van der Waals surface area contributed by atoms with Gasteiger partial charge in [-0.2, -0.15) is 0 Å². The Morgan fingerprint density at radius 3 is 2.63 bits per heavy atom. The molecule has 0 spiro atoms. The Hall–Kier alpha value is -3.09. The molecular formula is C23H27N3O4. The first-order chi connectivity index (χ1) is 14.5. The topological polar surface area (TPSA) is 80.8 Å². The van der Waals surface area contributed by atoms with Crippen molar-refractivity contribution in [3.63, 3.8) is 0 Å². The van der Waals surface area contributed by atoms with Gasteiger partial charge in [-0.15, -0.1) is 0 Å². The molecule has 4 rings (SSSR count). The Kier molecular flexibility index (Phi) is 5.88. The molecule has 3 heterocycles. The van der Waals surface area contributed by atoms with E-state index >= 15 is 0 Å². The quantitative estimate of drug-likeness (QED) is 0.794. The van der Waals surface area contributed by atoms with Crippen LogP contribution in [0, 0.1) is 11.8 Å². The van der Waals surface area contributed by atoms with Crippen LogP contribution in [0.2, 0.25) is 0 Å². The molecule has 2 atom stereocenters. The summed E-state index contributed by atoms with van der Waals surface area (Å²) in [5.41, 5.74) is 1.98. The highest BCUT2D eigenvalue weighted by molar-refractivity contribution is 5.89. The molecule has 0 saturated carbocycles. The molecular weight excluding hydrogens is 382 g/mol. The van der Waals surface area contributed by atoms with Crippen molar-refractivity contribution in [3.05, 3.63) is 53.9 Å². The number of aromatic nitrogens is 1. The summed E-state index contributed by atoms with van der Waals surface area (Å²) in [5, 5.41) is 3.16. The molecule has 0 aliphatic carbocycles. The number of pyridine rings is 1. The normalized spacial score (nSPS) is 19.1. The van der Waals surface area contributed by atoms with Crippen LogP contribution in [0.15, 0.2) is 42.7 Å². The third kappa shape index (κ3) is 4.40. The fourth-order valence-electron chi connectivity index (χ4n) is 3.97. The number of amides is 2. The van der Waals surface area contributed by atoms with E-state index in [0.717, 1.165) is 16.9 Å². The second-order valence-electron chi connectivity index (χ2n) is 8.16. The van der Waals surface area contributed by atoms with E-state index in [-0.39, 0.29) is 36.1 Å². The van der Waals surface area contributed by atoms with Gasteiger partial charge in [-0.3, -0.25) is 14.6 Å². The van der Waals surface area contributed by atoms with Crippen LogP contribution in [0.1, 0.15) is 37.4 Å². The van der Waals surface area contributed by atoms with E-state index in [0.29, 0.717) is 32.1 Å². The summed E-state index contributed by atoms with van der Waals surface area (Å²) in [7, 11) is 0. The molecule has 30 heavy (non-hydrogen) atoms. The lowest BCUT2D eigenvalue weighted by Crippen LogP contribution is -2.37. The standard InChI is InChI=1S/C23H27N3O4/c1-15(2)22(17-3-4-19-20(11-17)30-10-9-29-19)25-23(28)18-12-21(27)26(14-18)13-16-5-7-24-8-6-16/h3-8,11,15,18,22H,9-10,12-14H2,1-2H3,(H,25,28)/t18-,22+/m1/s1. The number of ether oxygens (including phenoxy) is 2. The zero-order valence-corrected chi connectivity index (χ0v) is 17.3. The highest BCUT2D eigenvalue weighted by Gasteiger charge is 2.35. The molecule has 2 aliphatic rings. The second-order valence-corrected chi connectivity index (χ2v) is 8.16. The van der Waals surface area contributed by atoms with Crippen molar-refractivity contribution >= 4 is 11.8 Å². The van der Waals surface area contributed by atoms with Crippen molar-refractivity contribution < 1.29 is 19.1 Å². The lowest BCUT2D eigenvalue weighted by atomic mass is 9.94. The Bertz CT molecular complexity index is 916. The molecule has 158 valence electrons. The number of carbonyl (C=O) groups excluding carboxylic acids is 2. The van der Waals surface area contributed by atoms with E-state index in [1.54, 1.807) is 17.3 Å². The van der Waals surface area contributed by atoms with Gasteiger partial charge in [-0.05, 0) is 41.3 Å². The Labute approximate surface area is 176 Å². The molecule has 2 aliphatic heterocycles. The summed E-state index contributed by atoms with van der Waals surface area (Å²) in [6.45, 7) is 6.13. The van der Waals surface area contributed by atoms with Gasteiger partial charge in [0.2, 0.25) is 11.8 Å². The Morgan fingerprint density at radius 1 is 1.17 bits per heavy atom. The number of carbonyl (C=O) groups is 2. The fourth-order valence-corrected chi connectivity index (χ4v) is 3.97. The monoisotopic (exact) mass is 409 g/mol. The number of hydrogen-bond donors (Lipinski definition) is 1. The summed E-state index contributed by atoms with van der Waals surface area (Å²) >= 11 is 0. The molecule has 2 amide bonds. The van der Waals surface area contributed by atoms with Crippen LogP contribution < -0.4 is 14.8 Å². The smallest absolute Gasteiger partial charge is 0.225 e. The molecule has 7 heteroatoms. The third-order valence-electron chi connectivity index (χ3n) is 5.60. The number of benzene rings is 1. The van der Waals surface area contributed by atoms with E-state index in [9.17, 15) is 9.59 Å². The van der Waals surface area contributed by atoms with Gasteiger partial charge >= 0.3 is 0 Å². The molecule has 0 radical (unpaired) electrons. The van der Waals surface area contributed by atoms with Crippen molar-refractivity contribution in [1.29, 1.82) is 0 Å². The zero-order chi connectivity index (χ0) is 21.1. The highest BCUT2D eigenvalue weighted by Crippen LogP contribution is 2.34. The first-order valence-corrected chi connectivity index (χ1v) is 10.4. The molecule has 1 saturated heterocycles. The van der Waals surface area contributed by atoms with E-state index in [1.807, 2.05) is 30.3 Å². The second kappa shape index (κ2) is 8.73. The molecule has 1 fully saturated rings. The fraction of sp³-hybridized carbons (Fsp3) is 0.435. The minimum Gasteiger partial charge on any atom is -0.486 e.